The fourth-order valence-corrected chi connectivity index (χ4v) is 9.65. The van der Waals surface area contributed by atoms with Crippen molar-refractivity contribution in [2.24, 2.45) is 0 Å². The zero-order valence-electron chi connectivity index (χ0n) is 50.5. The summed E-state index contributed by atoms with van der Waals surface area (Å²) in [6.07, 6.45) is 71.9. The summed E-state index contributed by atoms with van der Waals surface area (Å²) in [5, 5.41) is 3.05. The Balaban J connectivity index is 5.14. The summed E-state index contributed by atoms with van der Waals surface area (Å²) in [6.45, 7) is 6.97. The zero-order valence-corrected chi connectivity index (χ0v) is 51.4. The van der Waals surface area contributed by atoms with Gasteiger partial charge in [-0.05, 0) is 102 Å². The number of rotatable bonds is 57. The second-order valence-corrected chi connectivity index (χ2v) is 24.0. The summed E-state index contributed by atoms with van der Waals surface area (Å²) >= 11 is 0. The maximum atomic E-state index is 13.5. The molecule has 3 unspecified atom stereocenters. The topological polar surface area (TPSA) is 111 Å². The molecule has 0 fully saturated rings. The quantitative estimate of drug-likeness (QED) is 0.0205. The van der Waals surface area contributed by atoms with Gasteiger partial charge in [-0.1, -0.05) is 242 Å². The molecule has 0 heterocycles. The lowest BCUT2D eigenvalue weighted by Gasteiger charge is -2.27. The van der Waals surface area contributed by atoms with Gasteiger partial charge in [-0.3, -0.25) is 18.6 Å². The van der Waals surface area contributed by atoms with Gasteiger partial charge in [-0.15, -0.1) is 0 Å². The number of hydrogen-bond acceptors (Lipinski definition) is 6. The van der Waals surface area contributed by atoms with Gasteiger partial charge in [0.25, 0.3) is 0 Å². The number of carbonyl (C=O) groups is 2. The highest BCUT2D eigenvalue weighted by Gasteiger charge is 2.30. The molecule has 0 aromatic carbocycles. The highest BCUT2D eigenvalue weighted by Crippen LogP contribution is 2.43. The van der Waals surface area contributed by atoms with E-state index in [0.29, 0.717) is 23.9 Å². The third kappa shape index (κ3) is 56.2. The van der Waals surface area contributed by atoms with Crippen LogP contribution in [0.2, 0.25) is 0 Å². The summed E-state index contributed by atoms with van der Waals surface area (Å²) in [5.74, 6) is -0.528. The van der Waals surface area contributed by atoms with Gasteiger partial charge in [-0.2, -0.15) is 0 Å². The molecule has 3 atom stereocenters. The van der Waals surface area contributed by atoms with Gasteiger partial charge in [0.05, 0.1) is 33.8 Å². The first-order valence-corrected chi connectivity index (χ1v) is 33.3. The average Bonchev–Trinajstić information content (AvgIpc) is 3.38. The molecule has 1 amide bonds. The van der Waals surface area contributed by atoms with Crippen molar-refractivity contribution >= 4 is 19.7 Å². The number of phosphoric ester groups is 1. The molecule has 0 saturated carbocycles. The molecule has 76 heavy (non-hydrogen) atoms. The summed E-state index contributed by atoms with van der Waals surface area (Å²) in [7, 11) is 1.48. The van der Waals surface area contributed by atoms with Gasteiger partial charge in [0, 0.05) is 12.8 Å². The summed E-state index contributed by atoms with van der Waals surface area (Å²) in [5.41, 5.74) is 0. The van der Waals surface area contributed by atoms with Gasteiger partial charge >= 0.3 is 13.8 Å². The Hall–Kier alpha value is -2.55. The maximum Gasteiger partial charge on any atom is 0.472 e. The molecule has 0 aromatic heterocycles. The van der Waals surface area contributed by atoms with Crippen LogP contribution in [0.25, 0.3) is 0 Å². The van der Waals surface area contributed by atoms with Crippen molar-refractivity contribution < 1.29 is 37.3 Å². The smallest absolute Gasteiger partial charge is 0.456 e. The molecule has 0 radical (unpaired) electrons. The second kappa shape index (κ2) is 55.8. The number of esters is 1. The molecule has 0 bridgehead atoms. The number of quaternary nitrogens is 1. The summed E-state index contributed by atoms with van der Waals surface area (Å²) in [6, 6.07) is -0.859. The third-order valence-corrected chi connectivity index (χ3v) is 14.9. The lowest BCUT2D eigenvalue weighted by molar-refractivity contribution is -0.870. The van der Waals surface area contributed by atoms with Crippen LogP contribution in [0.3, 0.4) is 0 Å². The minimum Gasteiger partial charge on any atom is -0.456 e. The fraction of sp³-hybridized carbons (Fsp3) is 0.788. The molecule has 0 saturated heterocycles. The third-order valence-electron chi connectivity index (χ3n) is 13.9. The second-order valence-electron chi connectivity index (χ2n) is 22.6. The minimum absolute atomic E-state index is 0.0348. The van der Waals surface area contributed by atoms with Crippen molar-refractivity contribution in [3.05, 3.63) is 72.9 Å². The molecule has 2 N–H and O–H groups in total. The number of nitrogens with zero attached hydrogens (tertiary/aromatic N) is 1. The van der Waals surface area contributed by atoms with Gasteiger partial charge in [0.2, 0.25) is 5.91 Å². The molecule has 9 nitrogen and oxygen atoms in total. The Kier molecular flexibility index (Phi) is 53.9. The predicted octanol–water partition coefficient (Wildman–Crippen LogP) is 19.6. The number of nitrogens with one attached hydrogen (secondary N) is 1. The van der Waals surface area contributed by atoms with E-state index < -0.39 is 20.0 Å². The number of phosphoric acid groups is 1. The first kappa shape index (κ1) is 73.5. The summed E-state index contributed by atoms with van der Waals surface area (Å²) < 4.78 is 30.7. The standard InChI is InChI=1S/C66H121N2O7P/c1-7-10-13-16-19-22-25-27-29-30-31-32-33-34-35-36-37-38-39-40-43-46-49-52-55-58-65(69)67-63(62-74-76(71,72)73-61-60-68(4,5)6)64(57-54-51-48-45-42-24-21-18-15-12-9-3)75-66(70)59-56-53-50-47-44-41-28-26-23-20-17-14-11-8-2/h19,22,27,29,31-32,34-35,41,44,54,57,63-64H,7-18,20-21,23-26,28,30,33,36-40,42-43,45-53,55-56,58-62H2,1-6H3,(H-,67,69,71,72)/p+1/b22-19-,29-27-,32-31-,35-34-,44-41-,57-54-. The van der Waals surface area contributed by atoms with Crippen LogP contribution in [0.1, 0.15) is 284 Å². The maximum absolute atomic E-state index is 13.5. The van der Waals surface area contributed by atoms with Crippen molar-refractivity contribution in [3.63, 3.8) is 0 Å². The number of likely N-dealkylation sites (N-methyl/N-ethyl adjacent to an activating group) is 1. The monoisotopic (exact) mass is 1090 g/mol. The van der Waals surface area contributed by atoms with E-state index in [1.165, 1.54) is 148 Å². The van der Waals surface area contributed by atoms with Crippen LogP contribution < -0.4 is 5.32 Å². The lowest BCUT2D eigenvalue weighted by atomic mass is 10.0. The SMILES string of the molecule is CCCCC/C=C\C/C=C\C/C=C\C/C=C\CCCCCCCCCCCC(=O)NC(COP(=O)(O)OCC[N+](C)(C)C)C(/C=C\CCCCCCCCCCC)OC(=O)CCCCC/C=C\CCCCCCCCC. The number of unbranched alkanes of at least 4 members (excludes halogenated alkanes) is 31. The molecular weight excluding hydrogens is 964 g/mol. The van der Waals surface area contributed by atoms with Gasteiger partial charge in [-0.25, -0.2) is 4.57 Å². The van der Waals surface area contributed by atoms with E-state index in [4.69, 9.17) is 13.8 Å². The molecule has 0 aliphatic rings. The number of hydrogen-bond donors (Lipinski definition) is 2. The van der Waals surface area contributed by atoms with Crippen LogP contribution in [0.5, 0.6) is 0 Å². The van der Waals surface area contributed by atoms with Crippen LogP contribution in [-0.4, -0.2) is 74.3 Å². The number of allylic oxidation sites excluding steroid dienone is 11. The van der Waals surface area contributed by atoms with E-state index in [1.54, 1.807) is 0 Å². The van der Waals surface area contributed by atoms with Gasteiger partial charge < -0.3 is 19.4 Å². The van der Waals surface area contributed by atoms with E-state index >= 15 is 0 Å². The van der Waals surface area contributed by atoms with E-state index in [0.717, 1.165) is 96.3 Å². The highest BCUT2D eigenvalue weighted by atomic mass is 31.2. The zero-order chi connectivity index (χ0) is 55.7. The van der Waals surface area contributed by atoms with Crippen molar-refractivity contribution in [1.29, 1.82) is 0 Å². The Labute approximate surface area is 470 Å². The molecule has 0 spiro atoms. The first-order chi connectivity index (χ1) is 36.9. The van der Waals surface area contributed by atoms with Crippen molar-refractivity contribution in [3.8, 4) is 0 Å². The van der Waals surface area contributed by atoms with Crippen molar-refractivity contribution in [2.45, 2.75) is 296 Å². The highest BCUT2D eigenvalue weighted by molar-refractivity contribution is 7.47. The molecule has 0 aliphatic heterocycles. The predicted molar refractivity (Wildman–Crippen MR) is 328 cm³/mol. The first-order valence-electron chi connectivity index (χ1n) is 31.8. The number of amides is 1. The van der Waals surface area contributed by atoms with Gasteiger partial charge in [0.15, 0.2) is 0 Å². The Bertz CT molecular complexity index is 1530. The Morgan fingerprint density at radius 3 is 1.25 bits per heavy atom. The molecule has 0 rings (SSSR count). The number of ether oxygens (including phenoxy) is 1. The van der Waals surface area contributed by atoms with Crippen molar-refractivity contribution in [2.75, 3.05) is 40.9 Å². The van der Waals surface area contributed by atoms with Crippen LogP contribution in [0.4, 0.5) is 0 Å². The van der Waals surface area contributed by atoms with Crippen LogP contribution in [-0.2, 0) is 27.9 Å². The molecule has 442 valence electrons. The largest absolute Gasteiger partial charge is 0.472 e. The van der Waals surface area contributed by atoms with Gasteiger partial charge in [0.1, 0.15) is 19.3 Å². The normalized spacial score (nSPS) is 14.1. The fourth-order valence-electron chi connectivity index (χ4n) is 8.92. The van der Waals surface area contributed by atoms with Crippen LogP contribution in [0, 0.1) is 0 Å². The molecule has 10 heteroatoms. The van der Waals surface area contributed by atoms with E-state index in [-0.39, 0.29) is 31.5 Å². The summed E-state index contributed by atoms with van der Waals surface area (Å²) in [4.78, 5) is 37.7. The van der Waals surface area contributed by atoms with E-state index in [1.807, 2.05) is 33.3 Å². The van der Waals surface area contributed by atoms with E-state index in [2.05, 4.69) is 86.8 Å². The van der Waals surface area contributed by atoms with E-state index in [9.17, 15) is 19.0 Å². The van der Waals surface area contributed by atoms with Crippen LogP contribution >= 0.6 is 7.82 Å². The molecular formula is C66H122N2O7P+. The molecule has 0 aliphatic carbocycles. The van der Waals surface area contributed by atoms with Crippen molar-refractivity contribution in [1.82, 2.24) is 5.32 Å². The average molecular weight is 1090 g/mol. The Morgan fingerprint density at radius 1 is 0.461 bits per heavy atom. The number of carbonyl (C=O) groups excluding carboxylic acids is 2. The lowest BCUT2D eigenvalue weighted by Crippen LogP contribution is -2.47. The Morgan fingerprint density at radius 2 is 0.803 bits per heavy atom. The van der Waals surface area contributed by atoms with Crippen LogP contribution in [0.15, 0.2) is 72.9 Å². The molecule has 0 aromatic rings. The minimum atomic E-state index is -4.45.